The molecule has 0 aromatic carbocycles. The summed E-state index contributed by atoms with van der Waals surface area (Å²) in [6, 6.07) is 1.86. The van der Waals surface area contributed by atoms with Gasteiger partial charge in [-0.3, -0.25) is 4.98 Å². The summed E-state index contributed by atoms with van der Waals surface area (Å²) in [5.41, 5.74) is 8.21. The minimum Gasteiger partial charge on any atom is -0.383 e. The van der Waals surface area contributed by atoms with E-state index >= 15 is 0 Å². The maximum Gasteiger partial charge on any atom is 0.131 e. The van der Waals surface area contributed by atoms with Crippen molar-refractivity contribution in [1.29, 1.82) is 0 Å². The Bertz CT molecular complexity index is 571. The van der Waals surface area contributed by atoms with Gasteiger partial charge in [0, 0.05) is 17.8 Å². The van der Waals surface area contributed by atoms with Crippen molar-refractivity contribution >= 4 is 16.7 Å². The van der Waals surface area contributed by atoms with E-state index < -0.39 is 0 Å². The highest BCUT2D eigenvalue weighted by Gasteiger charge is 2.14. The van der Waals surface area contributed by atoms with Gasteiger partial charge < -0.3 is 10.7 Å². The highest BCUT2D eigenvalue weighted by Crippen LogP contribution is 2.29. The van der Waals surface area contributed by atoms with Gasteiger partial charge in [-0.2, -0.15) is 0 Å². The zero-order chi connectivity index (χ0) is 9.54. The van der Waals surface area contributed by atoms with Gasteiger partial charge in [-0.1, -0.05) is 0 Å². The number of H-pyrrole nitrogens is 1. The van der Waals surface area contributed by atoms with Crippen molar-refractivity contribution in [3.63, 3.8) is 0 Å². The van der Waals surface area contributed by atoms with Crippen LogP contribution in [0.15, 0.2) is 24.8 Å². The van der Waals surface area contributed by atoms with Crippen LogP contribution >= 0.6 is 0 Å². The normalized spacial score (nSPS) is 11.1. The highest BCUT2D eigenvalue weighted by atomic mass is 15.0. The van der Waals surface area contributed by atoms with Gasteiger partial charge in [0.25, 0.3) is 0 Å². The van der Waals surface area contributed by atoms with Crippen molar-refractivity contribution in [3.05, 3.63) is 24.8 Å². The molecule has 0 spiro atoms. The molecule has 1 aromatic rings. The molecule has 0 unspecified atom stereocenters. The van der Waals surface area contributed by atoms with E-state index in [9.17, 15) is 0 Å². The lowest BCUT2D eigenvalue weighted by atomic mass is 10.1. The second-order valence-electron chi connectivity index (χ2n) is 3.03. The first-order chi connectivity index (χ1) is 6.86. The van der Waals surface area contributed by atoms with Crippen LogP contribution in [0.4, 0.5) is 5.82 Å². The zero-order valence-corrected chi connectivity index (χ0v) is 7.23. The number of aromatic amines is 1. The number of hydrogen-bond acceptors (Lipinski definition) is 4. The SMILES string of the molecule is Nc1[nH]c2ccncc2c2ncnc1-2. The summed E-state index contributed by atoms with van der Waals surface area (Å²) in [5.74, 6) is 0.538. The zero-order valence-electron chi connectivity index (χ0n) is 7.23. The molecule has 0 amide bonds. The lowest BCUT2D eigenvalue weighted by molar-refractivity contribution is 1.30. The van der Waals surface area contributed by atoms with E-state index in [0.717, 1.165) is 16.6 Å². The predicted molar refractivity (Wildman–Crippen MR) is 52.7 cm³/mol. The lowest BCUT2D eigenvalue weighted by Gasteiger charge is -2.05. The molecule has 0 radical (unpaired) electrons. The number of nitrogens with one attached hydrogen (secondary N) is 1. The molecule has 5 heteroatoms. The smallest absolute Gasteiger partial charge is 0.131 e. The van der Waals surface area contributed by atoms with Gasteiger partial charge in [0.15, 0.2) is 0 Å². The molecule has 3 heterocycles. The minimum atomic E-state index is 0.538. The van der Waals surface area contributed by atoms with Crippen LogP contribution in [0, 0.1) is 0 Å². The number of nitrogens with two attached hydrogens (primary N) is 1. The van der Waals surface area contributed by atoms with Gasteiger partial charge in [-0.05, 0) is 6.07 Å². The summed E-state index contributed by atoms with van der Waals surface area (Å²) in [6.45, 7) is 0. The Morgan fingerprint density at radius 1 is 1.21 bits per heavy atom. The van der Waals surface area contributed by atoms with E-state index in [-0.39, 0.29) is 0 Å². The molecule has 1 aromatic heterocycles. The molecule has 3 N–H and O–H groups in total. The molecule has 0 fully saturated rings. The molecule has 3 rings (SSSR count). The van der Waals surface area contributed by atoms with Gasteiger partial charge in [0.1, 0.15) is 23.5 Å². The van der Waals surface area contributed by atoms with Crippen LogP contribution < -0.4 is 5.73 Å². The molecule has 14 heavy (non-hydrogen) atoms. The molecule has 0 saturated heterocycles. The molecule has 0 aliphatic carbocycles. The third-order valence-corrected chi connectivity index (χ3v) is 2.20. The van der Waals surface area contributed by atoms with Crippen LogP contribution in [0.3, 0.4) is 0 Å². The first kappa shape index (κ1) is 7.25. The molecule has 0 atom stereocenters. The molecular formula is C9H7N5. The van der Waals surface area contributed by atoms with Crippen LogP contribution in [-0.2, 0) is 0 Å². The van der Waals surface area contributed by atoms with Gasteiger partial charge in [0.05, 0.1) is 5.52 Å². The molecule has 2 aliphatic heterocycles. The first-order valence-corrected chi connectivity index (χ1v) is 4.18. The lowest BCUT2D eigenvalue weighted by Crippen LogP contribution is -1.97. The van der Waals surface area contributed by atoms with Crippen molar-refractivity contribution in [2.24, 2.45) is 0 Å². The van der Waals surface area contributed by atoms with E-state index in [1.54, 1.807) is 12.4 Å². The number of aromatic nitrogens is 4. The number of hydrogen-bond donors (Lipinski definition) is 2. The van der Waals surface area contributed by atoms with E-state index in [1.807, 2.05) is 6.07 Å². The van der Waals surface area contributed by atoms with Crippen LogP contribution in [0.25, 0.3) is 22.3 Å². The number of fused-ring (bicyclic) bond motifs is 3. The highest BCUT2D eigenvalue weighted by molar-refractivity contribution is 5.95. The van der Waals surface area contributed by atoms with Gasteiger partial charge in [-0.25, -0.2) is 9.97 Å². The summed E-state index contributed by atoms with van der Waals surface area (Å²) < 4.78 is 0. The number of nitrogen functional groups attached to an aromatic ring is 1. The Labute approximate surface area is 79.4 Å². The van der Waals surface area contributed by atoms with E-state index in [0.29, 0.717) is 11.5 Å². The van der Waals surface area contributed by atoms with Crippen molar-refractivity contribution in [2.45, 2.75) is 0 Å². The maximum absolute atomic E-state index is 5.79. The number of anilines is 1. The largest absolute Gasteiger partial charge is 0.383 e. The van der Waals surface area contributed by atoms with Crippen molar-refractivity contribution in [2.75, 3.05) is 5.73 Å². The molecule has 5 nitrogen and oxygen atoms in total. The third-order valence-electron chi connectivity index (χ3n) is 2.20. The van der Waals surface area contributed by atoms with Crippen molar-refractivity contribution in [3.8, 4) is 11.4 Å². The molecule has 0 bridgehead atoms. The van der Waals surface area contributed by atoms with E-state index in [4.69, 9.17) is 5.73 Å². The van der Waals surface area contributed by atoms with Gasteiger partial charge >= 0.3 is 0 Å². The van der Waals surface area contributed by atoms with Crippen LogP contribution in [0.1, 0.15) is 0 Å². The van der Waals surface area contributed by atoms with Crippen molar-refractivity contribution in [1.82, 2.24) is 19.9 Å². The first-order valence-electron chi connectivity index (χ1n) is 4.18. The Balaban J connectivity index is 2.58. The Morgan fingerprint density at radius 2 is 2.07 bits per heavy atom. The Kier molecular flexibility index (Phi) is 1.25. The number of pyridine rings is 2. The average Bonchev–Trinajstić information content (AvgIpc) is 2.67. The monoisotopic (exact) mass is 185 g/mol. The Hall–Kier alpha value is -2.17. The summed E-state index contributed by atoms with van der Waals surface area (Å²) in [4.78, 5) is 15.3. The fourth-order valence-corrected chi connectivity index (χ4v) is 1.56. The van der Waals surface area contributed by atoms with Crippen molar-refractivity contribution < 1.29 is 0 Å². The fraction of sp³-hybridized carbons (Fsp3) is 0. The standard InChI is InChI=1S/C9H7N5/c10-9-8-7(12-4-13-8)5-3-11-2-1-6(5)14-9/h1-4,14H,10H2. The molecule has 0 saturated carbocycles. The molecule has 68 valence electrons. The summed E-state index contributed by atoms with van der Waals surface area (Å²) >= 11 is 0. The Morgan fingerprint density at radius 3 is 3.00 bits per heavy atom. The third kappa shape index (κ3) is 0.806. The van der Waals surface area contributed by atoms with Crippen LogP contribution in [-0.4, -0.2) is 19.9 Å². The number of nitrogens with zero attached hydrogens (tertiary/aromatic N) is 3. The van der Waals surface area contributed by atoms with E-state index in [1.165, 1.54) is 6.33 Å². The van der Waals surface area contributed by atoms with E-state index in [2.05, 4.69) is 19.9 Å². The predicted octanol–water partition coefficient (Wildman–Crippen LogP) is 1.04. The second-order valence-corrected chi connectivity index (χ2v) is 3.03. The molecule has 2 aliphatic rings. The molecular weight excluding hydrogens is 178 g/mol. The minimum absolute atomic E-state index is 0.538. The summed E-state index contributed by atoms with van der Waals surface area (Å²) in [7, 11) is 0. The summed E-state index contributed by atoms with van der Waals surface area (Å²) in [6.07, 6.45) is 4.96. The number of imidazole rings is 1. The fourth-order valence-electron chi connectivity index (χ4n) is 1.56. The average molecular weight is 185 g/mol. The van der Waals surface area contributed by atoms with Gasteiger partial charge in [-0.15, -0.1) is 0 Å². The number of rotatable bonds is 0. The topological polar surface area (TPSA) is 80.5 Å². The van der Waals surface area contributed by atoms with Crippen LogP contribution in [0.2, 0.25) is 0 Å². The van der Waals surface area contributed by atoms with Gasteiger partial charge in [0.2, 0.25) is 0 Å². The summed E-state index contributed by atoms with van der Waals surface area (Å²) in [5, 5.41) is 0.939. The second kappa shape index (κ2) is 2.41. The van der Waals surface area contributed by atoms with Crippen LogP contribution in [0.5, 0.6) is 0 Å². The maximum atomic E-state index is 5.79. The quantitative estimate of drug-likeness (QED) is 0.548.